The number of aromatic nitrogens is 3. The first-order valence-electron chi connectivity index (χ1n) is 7.27. The molecule has 0 radical (unpaired) electrons. The van der Waals surface area contributed by atoms with Crippen molar-refractivity contribution < 1.29 is 9.47 Å². The first-order chi connectivity index (χ1) is 11.3. The fourth-order valence-electron chi connectivity index (χ4n) is 2.71. The monoisotopic (exact) mass is 371 g/mol. The molecule has 5 nitrogen and oxygen atoms in total. The Kier molecular flexibility index (Phi) is 3.53. The van der Waals surface area contributed by atoms with Crippen LogP contribution in [0.15, 0.2) is 53.7 Å². The number of imidazole rings is 1. The van der Waals surface area contributed by atoms with E-state index in [1.54, 1.807) is 6.20 Å². The summed E-state index contributed by atoms with van der Waals surface area (Å²) in [5, 5.41) is 0. The van der Waals surface area contributed by atoms with Gasteiger partial charge >= 0.3 is 0 Å². The summed E-state index contributed by atoms with van der Waals surface area (Å²) in [4.78, 5) is 9.02. The molecule has 1 aromatic carbocycles. The predicted octanol–water partition coefficient (Wildman–Crippen LogP) is 3.89. The van der Waals surface area contributed by atoms with Crippen LogP contribution in [0, 0.1) is 0 Å². The van der Waals surface area contributed by atoms with Crippen molar-refractivity contribution in [2.24, 2.45) is 0 Å². The number of para-hydroxylation sites is 2. The van der Waals surface area contributed by atoms with Crippen LogP contribution in [0.4, 0.5) is 0 Å². The first kappa shape index (κ1) is 14.3. The number of rotatable bonds is 3. The molecule has 23 heavy (non-hydrogen) atoms. The van der Waals surface area contributed by atoms with Gasteiger partial charge in [0.15, 0.2) is 29.1 Å². The van der Waals surface area contributed by atoms with Crippen molar-refractivity contribution >= 4 is 27.1 Å². The molecule has 1 atom stereocenters. The summed E-state index contributed by atoms with van der Waals surface area (Å²) < 4.78 is 14.9. The van der Waals surface area contributed by atoms with Crippen molar-refractivity contribution in [1.29, 1.82) is 0 Å². The summed E-state index contributed by atoms with van der Waals surface area (Å²) in [7, 11) is 0. The summed E-state index contributed by atoms with van der Waals surface area (Å²) in [6, 6.07) is 9.65. The predicted molar refractivity (Wildman–Crippen MR) is 90.7 cm³/mol. The molecule has 1 aliphatic heterocycles. The van der Waals surface area contributed by atoms with Gasteiger partial charge in [0.25, 0.3) is 0 Å². The second kappa shape index (κ2) is 5.70. The third-order valence-corrected chi connectivity index (χ3v) is 4.14. The minimum Gasteiger partial charge on any atom is -0.485 e. The number of hydrogen-bond acceptors (Lipinski definition) is 4. The molecular formula is C17H14BrN3O2. The molecule has 3 heterocycles. The van der Waals surface area contributed by atoms with E-state index in [0.29, 0.717) is 18.8 Å². The maximum Gasteiger partial charge on any atom is 0.190 e. The Morgan fingerprint density at radius 2 is 2.17 bits per heavy atom. The Balaban J connectivity index is 1.79. The average Bonchev–Trinajstić information content (AvgIpc) is 2.93. The molecule has 1 aliphatic rings. The highest BCUT2D eigenvalue weighted by molar-refractivity contribution is 9.10. The molecule has 0 bridgehead atoms. The van der Waals surface area contributed by atoms with Crippen LogP contribution in [0.25, 0.3) is 11.2 Å². The highest BCUT2D eigenvalue weighted by atomic mass is 79.9. The highest BCUT2D eigenvalue weighted by Crippen LogP contribution is 2.36. The van der Waals surface area contributed by atoms with Crippen molar-refractivity contribution in [3.05, 3.63) is 59.5 Å². The van der Waals surface area contributed by atoms with E-state index in [2.05, 4.69) is 37.0 Å². The topological polar surface area (TPSA) is 49.2 Å². The van der Waals surface area contributed by atoms with E-state index in [1.807, 2.05) is 36.4 Å². The van der Waals surface area contributed by atoms with Crippen molar-refractivity contribution in [3.63, 3.8) is 0 Å². The molecule has 0 saturated heterocycles. The molecule has 0 amide bonds. The first-order valence-corrected chi connectivity index (χ1v) is 8.06. The summed E-state index contributed by atoms with van der Waals surface area (Å²) in [6.45, 7) is 4.88. The standard InChI is InChI=1S/C17H14BrN3O2/c1-2-7-21-12-8-11(18)9-19-16(12)20-17(21)15-10-22-13-5-3-4-6-14(13)23-15/h2-6,8-9,15H,1,7,10H2. The van der Waals surface area contributed by atoms with Gasteiger partial charge in [-0.2, -0.15) is 0 Å². The van der Waals surface area contributed by atoms with E-state index in [1.165, 1.54) is 0 Å². The Bertz CT molecular complexity index is 891. The third-order valence-electron chi connectivity index (χ3n) is 3.71. The van der Waals surface area contributed by atoms with E-state index in [4.69, 9.17) is 9.47 Å². The number of halogens is 1. The zero-order valence-electron chi connectivity index (χ0n) is 12.3. The summed E-state index contributed by atoms with van der Waals surface area (Å²) >= 11 is 3.46. The number of ether oxygens (including phenoxy) is 2. The fourth-order valence-corrected chi connectivity index (χ4v) is 3.03. The number of pyridine rings is 1. The zero-order chi connectivity index (χ0) is 15.8. The summed E-state index contributed by atoms with van der Waals surface area (Å²) in [5.41, 5.74) is 1.63. The normalized spacial score (nSPS) is 16.5. The van der Waals surface area contributed by atoms with Gasteiger partial charge in [0.05, 0.1) is 5.52 Å². The zero-order valence-corrected chi connectivity index (χ0v) is 13.9. The molecule has 1 unspecified atom stereocenters. The lowest BCUT2D eigenvalue weighted by Gasteiger charge is -2.26. The molecular weight excluding hydrogens is 358 g/mol. The number of fused-ring (bicyclic) bond motifs is 2. The molecule has 0 fully saturated rings. The van der Waals surface area contributed by atoms with Gasteiger partial charge in [-0.25, -0.2) is 9.97 Å². The third kappa shape index (κ3) is 2.49. The van der Waals surface area contributed by atoms with Crippen LogP contribution in [0.2, 0.25) is 0 Å². The number of allylic oxidation sites excluding steroid dienone is 1. The lowest BCUT2D eigenvalue weighted by Crippen LogP contribution is -2.24. The van der Waals surface area contributed by atoms with Crippen LogP contribution in [-0.4, -0.2) is 21.1 Å². The summed E-state index contributed by atoms with van der Waals surface area (Å²) in [6.07, 6.45) is 3.30. The minimum atomic E-state index is -0.280. The number of hydrogen-bond donors (Lipinski definition) is 0. The van der Waals surface area contributed by atoms with Gasteiger partial charge < -0.3 is 14.0 Å². The van der Waals surface area contributed by atoms with Gasteiger partial charge in [-0.3, -0.25) is 0 Å². The Morgan fingerprint density at radius 3 is 3.00 bits per heavy atom. The van der Waals surface area contributed by atoms with Crippen LogP contribution in [0.1, 0.15) is 11.9 Å². The lowest BCUT2D eigenvalue weighted by atomic mass is 10.2. The largest absolute Gasteiger partial charge is 0.485 e. The number of nitrogens with zero attached hydrogens (tertiary/aromatic N) is 3. The number of benzene rings is 1. The minimum absolute atomic E-state index is 0.280. The summed E-state index contributed by atoms with van der Waals surface area (Å²) in [5.74, 6) is 2.28. The molecule has 116 valence electrons. The van der Waals surface area contributed by atoms with Crippen LogP contribution >= 0.6 is 15.9 Å². The fraction of sp³-hybridized carbons (Fsp3) is 0.176. The molecule has 2 aromatic heterocycles. The average molecular weight is 372 g/mol. The molecule has 6 heteroatoms. The molecule has 0 aliphatic carbocycles. The molecule has 4 rings (SSSR count). The van der Waals surface area contributed by atoms with Crippen LogP contribution < -0.4 is 9.47 Å². The second-order valence-corrected chi connectivity index (χ2v) is 6.15. The molecule has 3 aromatic rings. The van der Waals surface area contributed by atoms with Crippen molar-refractivity contribution in [2.75, 3.05) is 6.61 Å². The lowest BCUT2D eigenvalue weighted by molar-refractivity contribution is 0.0831. The Hall–Kier alpha value is -2.34. The van der Waals surface area contributed by atoms with Gasteiger partial charge in [-0.15, -0.1) is 6.58 Å². The Morgan fingerprint density at radius 1 is 1.35 bits per heavy atom. The molecule has 0 saturated carbocycles. The van der Waals surface area contributed by atoms with Gasteiger partial charge in [-0.1, -0.05) is 18.2 Å². The van der Waals surface area contributed by atoms with E-state index < -0.39 is 0 Å². The maximum atomic E-state index is 6.08. The second-order valence-electron chi connectivity index (χ2n) is 5.23. The molecule has 0 spiro atoms. The van der Waals surface area contributed by atoms with Crippen molar-refractivity contribution in [2.45, 2.75) is 12.6 Å². The van der Waals surface area contributed by atoms with Crippen LogP contribution in [-0.2, 0) is 6.54 Å². The van der Waals surface area contributed by atoms with E-state index in [0.717, 1.165) is 27.3 Å². The Labute approximate surface area is 141 Å². The van der Waals surface area contributed by atoms with E-state index in [9.17, 15) is 0 Å². The van der Waals surface area contributed by atoms with E-state index >= 15 is 0 Å². The van der Waals surface area contributed by atoms with Crippen molar-refractivity contribution in [3.8, 4) is 11.5 Å². The smallest absolute Gasteiger partial charge is 0.190 e. The van der Waals surface area contributed by atoms with E-state index in [-0.39, 0.29) is 6.10 Å². The van der Waals surface area contributed by atoms with Crippen molar-refractivity contribution in [1.82, 2.24) is 14.5 Å². The van der Waals surface area contributed by atoms with Gasteiger partial charge in [-0.05, 0) is 34.1 Å². The van der Waals surface area contributed by atoms with Crippen LogP contribution in [0.3, 0.4) is 0 Å². The van der Waals surface area contributed by atoms with Gasteiger partial charge in [0, 0.05) is 17.2 Å². The molecule has 0 N–H and O–H groups in total. The highest BCUT2D eigenvalue weighted by Gasteiger charge is 2.27. The SMILES string of the molecule is C=CCn1c(C2COc3ccccc3O2)nc2ncc(Br)cc21. The quantitative estimate of drug-likeness (QED) is 0.655. The maximum absolute atomic E-state index is 6.08. The van der Waals surface area contributed by atoms with Gasteiger partial charge in [0.1, 0.15) is 6.61 Å². The van der Waals surface area contributed by atoms with Gasteiger partial charge in [0.2, 0.25) is 0 Å². The van der Waals surface area contributed by atoms with Crippen LogP contribution in [0.5, 0.6) is 11.5 Å².